The minimum absolute atomic E-state index is 0.213. The molecule has 0 heterocycles. The van der Waals surface area contributed by atoms with E-state index in [2.05, 4.69) is 48.5 Å². The Morgan fingerprint density at radius 2 is 1.82 bits per heavy atom. The molecule has 0 amide bonds. The van der Waals surface area contributed by atoms with Crippen LogP contribution in [0.2, 0.25) is 0 Å². The van der Waals surface area contributed by atoms with Crippen LogP contribution in [-0.2, 0) is 17.5 Å². The van der Waals surface area contributed by atoms with E-state index in [0.717, 1.165) is 19.3 Å². The van der Waals surface area contributed by atoms with Gasteiger partial charge in [-0.1, -0.05) is 48.5 Å². The van der Waals surface area contributed by atoms with Gasteiger partial charge in [0.15, 0.2) is 11.1 Å². The first-order valence-electron chi connectivity index (χ1n) is 7.75. The van der Waals surface area contributed by atoms with E-state index < -0.39 is 11.1 Å². The topological polar surface area (TPSA) is 37.3 Å². The van der Waals surface area contributed by atoms with Crippen molar-refractivity contribution >= 4 is 32.6 Å². The summed E-state index contributed by atoms with van der Waals surface area (Å²) < 4.78 is 20.5. The number of aryl methyl sites for hydroxylation is 1. The van der Waals surface area contributed by atoms with Crippen LogP contribution in [0.25, 0.3) is 21.5 Å². The molecule has 3 aromatic carbocycles. The second-order valence-electron chi connectivity index (χ2n) is 6.09. The first kappa shape index (κ1) is 13.9. The smallest absolute Gasteiger partial charge is 0.153 e. The molecule has 2 atom stereocenters. The third kappa shape index (κ3) is 2.25. The SMILES string of the molecule is O=S(O)CC1CCCc2c1ccc1c2ccc2ccccc21. The highest BCUT2D eigenvalue weighted by molar-refractivity contribution is 7.79. The fourth-order valence-electron chi connectivity index (χ4n) is 3.85. The molecule has 0 aliphatic heterocycles. The lowest BCUT2D eigenvalue weighted by Crippen LogP contribution is -2.16. The molecule has 0 aromatic heterocycles. The quantitative estimate of drug-likeness (QED) is 0.553. The van der Waals surface area contributed by atoms with Gasteiger partial charge in [-0.3, -0.25) is 0 Å². The summed E-state index contributed by atoms with van der Waals surface area (Å²) in [5.74, 6) is 0.567. The third-order valence-electron chi connectivity index (χ3n) is 4.84. The average molecular weight is 310 g/mol. The lowest BCUT2D eigenvalue weighted by molar-refractivity contribution is 0.538. The van der Waals surface area contributed by atoms with Gasteiger partial charge in [0, 0.05) is 0 Å². The molecule has 3 aromatic rings. The summed E-state index contributed by atoms with van der Waals surface area (Å²) in [6.07, 6.45) is 3.18. The molecular weight excluding hydrogens is 292 g/mol. The van der Waals surface area contributed by atoms with Gasteiger partial charge in [-0.25, -0.2) is 4.21 Å². The Kier molecular flexibility index (Phi) is 3.47. The zero-order chi connectivity index (χ0) is 15.1. The summed E-state index contributed by atoms with van der Waals surface area (Å²) in [6.45, 7) is 0. The molecule has 1 N–H and O–H groups in total. The number of hydrogen-bond donors (Lipinski definition) is 1. The molecule has 3 heteroatoms. The Morgan fingerprint density at radius 1 is 1.00 bits per heavy atom. The molecule has 2 nitrogen and oxygen atoms in total. The Morgan fingerprint density at radius 3 is 2.68 bits per heavy atom. The van der Waals surface area contributed by atoms with Crippen LogP contribution in [0.1, 0.15) is 29.9 Å². The van der Waals surface area contributed by atoms with E-state index in [1.54, 1.807) is 0 Å². The Bertz CT molecular complexity index is 885. The van der Waals surface area contributed by atoms with Crippen molar-refractivity contribution in [2.75, 3.05) is 5.75 Å². The summed E-state index contributed by atoms with van der Waals surface area (Å²) in [5.41, 5.74) is 2.65. The molecule has 0 fully saturated rings. The zero-order valence-electron chi connectivity index (χ0n) is 12.3. The van der Waals surface area contributed by atoms with Crippen LogP contribution >= 0.6 is 0 Å². The number of fused-ring (bicyclic) bond motifs is 5. The van der Waals surface area contributed by atoms with E-state index >= 15 is 0 Å². The van der Waals surface area contributed by atoms with Crippen LogP contribution in [0.15, 0.2) is 48.5 Å². The molecule has 0 radical (unpaired) electrons. The molecule has 22 heavy (non-hydrogen) atoms. The summed E-state index contributed by atoms with van der Waals surface area (Å²) in [6, 6.07) is 17.2. The van der Waals surface area contributed by atoms with Gasteiger partial charge in [0.1, 0.15) is 0 Å². The molecule has 2 unspecified atom stereocenters. The molecule has 0 bridgehead atoms. The van der Waals surface area contributed by atoms with Crippen molar-refractivity contribution in [3.8, 4) is 0 Å². The Balaban J connectivity index is 1.96. The highest BCUT2D eigenvalue weighted by atomic mass is 32.2. The molecule has 0 spiro atoms. The maximum absolute atomic E-state index is 11.2. The average Bonchev–Trinajstić information content (AvgIpc) is 2.54. The van der Waals surface area contributed by atoms with E-state index in [1.807, 2.05) is 0 Å². The van der Waals surface area contributed by atoms with Gasteiger partial charge in [-0.05, 0) is 57.9 Å². The summed E-state index contributed by atoms with van der Waals surface area (Å²) in [5, 5.41) is 5.15. The van der Waals surface area contributed by atoms with Crippen molar-refractivity contribution in [2.24, 2.45) is 0 Å². The van der Waals surface area contributed by atoms with Gasteiger partial charge in [-0.2, -0.15) is 0 Å². The molecule has 0 saturated heterocycles. The molecular formula is C19H18O2S. The fraction of sp³-hybridized carbons (Fsp3) is 0.263. The van der Waals surface area contributed by atoms with Crippen molar-refractivity contribution < 1.29 is 8.76 Å². The first-order valence-corrected chi connectivity index (χ1v) is 9.02. The normalized spacial score (nSPS) is 19.2. The molecule has 0 saturated carbocycles. The Labute approximate surface area is 132 Å². The van der Waals surface area contributed by atoms with Gasteiger partial charge >= 0.3 is 0 Å². The van der Waals surface area contributed by atoms with Crippen LogP contribution in [0, 0.1) is 0 Å². The van der Waals surface area contributed by atoms with Crippen LogP contribution in [0.4, 0.5) is 0 Å². The van der Waals surface area contributed by atoms with Gasteiger partial charge in [0.2, 0.25) is 0 Å². The van der Waals surface area contributed by atoms with Gasteiger partial charge < -0.3 is 4.55 Å². The van der Waals surface area contributed by atoms with Crippen molar-refractivity contribution in [2.45, 2.75) is 25.2 Å². The van der Waals surface area contributed by atoms with Crippen LogP contribution < -0.4 is 0 Å². The van der Waals surface area contributed by atoms with Crippen LogP contribution in [-0.4, -0.2) is 14.5 Å². The number of hydrogen-bond acceptors (Lipinski definition) is 1. The monoisotopic (exact) mass is 310 g/mol. The standard InChI is InChI=1S/C19H18O2S/c20-22(21)12-14-5-3-7-17-16(14)10-11-18-15-6-2-1-4-13(15)8-9-19(17)18/h1-2,4,6,8-11,14H,3,5,7,12H2,(H,20,21). The highest BCUT2D eigenvalue weighted by Gasteiger charge is 2.23. The van der Waals surface area contributed by atoms with Crippen LogP contribution in [0.5, 0.6) is 0 Å². The molecule has 1 aliphatic rings. The van der Waals surface area contributed by atoms with Gasteiger partial charge in [0.05, 0.1) is 5.75 Å². The highest BCUT2D eigenvalue weighted by Crippen LogP contribution is 2.38. The molecule has 4 rings (SSSR count). The lowest BCUT2D eigenvalue weighted by Gasteiger charge is -2.26. The maximum atomic E-state index is 11.2. The number of rotatable bonds is 2. The maximum Gasteiger partial charge on any atom is 0.153 e. The minimum Gasteiger partial charge on any atom is -0.306 e. The fourth-order valence-corrected chi connectivity index (χ4v) is 4.55. The van der Waals surface area contributed by atoms with Crippen molar-refractivity contribution in [3.05, 3.63) is 59.7 Å². The van der Waals surface area contributed by atoms with E-state index in [1.165, 1.54) is 32.7 Å². The van der Waals surface area contributed by atoms with Gasteiger partial charge in [0.25, 0.3) is 0 Å². The molecule has 112 valence electrons. The second-order valence-corrected chi connectivity index (χ2v) is 7.07. The largest absolute Gasteiger partial charge is 0.306 e. The van der Waals surface area contributed by atoms with E-state index in [0.29, 0.717) is 5.75 Å². The second kappa shape index (κ2) is 5.49. The van der Waals surface area contributed by atoms with Gasteiger partial charge in [-0.15, -0.1) is 0 Å². The lowest BCUT2D eigenvalue weighted by atomic mass is 9.81. The van der Waals surface area contributed by atoms with E-state index in [-0.39, 0.29) is 5.92 Å². The summed E-state index contributed by atoms with van der Waals surface area (Å²) in [7, 11) is 0. The van der Waals surface area contributed by atoms with Crippen molar-refractivity contribution in [3.63, 3.8) is 0 Å². The van der Waals surface area contributed by atoms with Crippen LogP contribution in [0.3, 0.4) is 0 Å². The van der Waals surface area contributed by atoms with Crippen molar-refractivity contribution in [1.82, 2.24) is 0 Å². The van der Waals surface area contributed by atoms with E-state index in [4.69, 9.17) is 0 Å². The summed E-state index contributed by atoms with van der Waals surface area (Å²) >= 11 is -1.73. The zero-order valence-corrected chi connectivity index (χ0v) is 13.1. The predicted molar refractivity (Wildman–Crippen MR) is 92.8 cm³/mol. The molecule has 1 aliphatic carbocycles. The van der Waals surface area contributed by atoms with Crippen molar-refractivity contribution in [1.29, 1.82) is 0 Å². The number of benzene rings is 3. The Hall–Kier alpha value is -1.71. The summed E-state index contributed by atoms with van der Waals surface area (Å²) in [4.78, 5) is 0. The minimum atomic E-state index is -1.73. The third-order valence-corrected chi connectivity index (χ3v) is 5.52. The predicted octanol–water partition coefficient (Wildman–Crippen LogP) is 4.63. The van der Waals surface area contributed by atoms with E-state index in [9.17, 15) is 8.76 Å². The first-order chi connectivity index (χ1) is 10.7.